The number of halogens is 1. The molecule has 1 heterocycles. The zero-order valence-corrected chi connectivity index (χ0v) is 18.0. The van der Waals surface area contributed by atoms with E-state index in [1.807, 2.05) is 37.3 Å². The summed E-state index contributed by atoms with van der Waals surface area (Å²) in [5.74, 6) is -0.430. The largest absolute Gasteiger partial charge is 0.354 e. The molecule has 0 saturated heterocycles. The molecule has 152 valence electrons. The number of nitrogens with zero attached hydrogens (tertiary/aromatic N) is 1. The van der Waals surface area contributed by atoms with Gasteiger partial charge in [0.05, 0.1) is 22.9 Å². The van der Waals surface area contributed by atoms with Crippen molar-refractivity contribution in [2.75, 3.05) is 29.7 Å². The second kappa shape index (κ2) is 8.90. The second-order valence-corrected chi connectivity index (χ2v) is 9.27. The van der Waals surface area contributed by atoms with Gasteiger partial charge in [-0.2, -0.15) is 12.6 Å². The van der Waals surface area contributed by atoms with Gasteiger partial charge < -0.3 is 10.6 Å². The van der Waals surface area contributed by atoms with E-state index in [-0.39, 0.29) is 36.7 Å². The molecule has 0 radical (unpaired) electrons. The van der Waals surface area contributed by atoms with E-state index in [2.05, 4.69) is 23.3 Å². The van der Waals surface area contributed by atoms with Gasteiger partial charge in [0.25, 0.3) is 10.0 Å². The molecule has 3 rings (SSSR count). The van der Waals surface area contributed by atoms with Crippen LogP contribution in [0.25, 0.3) is 0 Å². The summed E-state index contributed by atoms with van der Waals surface area (Å²) < 4.78 is 28.6. The first-order valence-electron chi connectivity index (χ1n) is 9.20. The maximum atomic E-state index is 13.6. The van der Waals surface area contributed by atoms with E-state index in [0.29, 0.717) is 28.6 Å². The van der Waals surface area contributed by atoms with Crippen LogP contribution in [0.1, 0.15) is 24.9 Å². The first-order valence-corrected chi connectivity index (χ1v) is 11.6. The van der Waals surface area contributed by atoms with E-state index in [1.165, 1.54) is 4.31 Å². The van der Waals surface area contributed by atoms with Crippen LogP contribution in [0, 0.1) is 5.92 Å². The van der Waals surface area contributed by atoms with E-state index in [4.69, 9.17) is 11.6 Å². The number of carbonyl (C=O) groups excluding carboxylic acids is 1. The zero-order valence-electron chi connectivity index (χ0n) is 15.6. The maximum absolute atomic E-state index is 13.6. The normalized spacial score (nSPS) is 23.0. The number of benzene rings is 1. The second-order valence-electron chi connectivity index (χ2n) is 6.66. The first-order chi connectivity index (χ1) is 13.4. The van der Waals surface area contributed by atoms with Crippen LogP contribution in [0.2, 0.25) is 0 Å². The first kappa shape index (κ1) is 21.2. The number of carbonyl (C=O) groups is 1. The van der Waals surface area contributed by atoms with Crippen molar-refractivity contribution in [2.45, 2.75) is 19.4 Å². The molecular weight excluding hydrogens is 418 g/mol. The molecule has 1 aromatic rings. The van der Waals surface area contributed by atoms with Gasteiger partial charge in [0.1, 0.15) is 0 Å². The molecule has 0 fully saturated rings. The van der Waals surface area contributed by atoms with Crippen LogP contribution in [-0.2, 0) is 14.8 Å². The predicted octanol–water partition coefficient (Wildman–Crippen LogP) is 2.56. The Bertz CT molecular complexity index is 915. The van der Waals surface area contributed by atoms with Gasteiger partial charge in [0.2, 0.25) is 5.91 Å². The highest BCUT2D eigenvalue weighted by Gasteiger charge is 2.42. The quantitative estimate of drug-likeness (QED) is 0.593. The Hall–Kier alpha value is -1.48. The number of allylic oxidation sites excluding steroid dienone is 3. The molecule has 2 atom stereocenters. The smallest absolute Gasteiger partial charge is 0.260 e. The van der Waals surface area contributed by atoms with Gasteiger partial charge in [-0.1, -0.05) is 42.8 Å². The third-order valence-corrected chi connectivity index (χ3v) is 7.47. The van der Waals surface area contributed by atoms with E-state index in [9.17, 15) is 13.2 Å². The van der Waals surface area contributed by atoms with E-state index in [1.54, 1.807) is 6.08 Å². The van der Waals surface area contributed by atoms with Crippen molar-refractivity contribution in [1.82, 2.24) is 10.6 Å². The van der Waals surface area contributed by atoms with Gasteiger partial charge >= 0.3 is 0 Å². The highest BCUT2D eigenvalue weighted by Crippen LogP contribution is 2.46. The minimum atomic E-state index is -3.80. The molecule has 1 aliphatic carbocycles. The molecule has 0 aromatic heterocycles. The molecule has 1 amide bonds. The Labute approximate surface area is 176 Å². The molecule has 1 aromatic carbocycles. The molecule has 6 nitrogen and oxygen atoms in total. The number of hydrogen-bond donors (Lipinski definition) is 3. The minimum Gasteiger partial charge on any atom is -0.354 e. The van der Waals surface area contributed by atoms with Crippen LogP contribution in [0.4, 0.5) is 5.69 Å². The van der Waals surface area contributed by atoms with Crippen LogP contribution in [-0.4, -0.2) is 39.7 Å². The number of para-hydroxylation sites is 1. The molecule has 2 unspecified atom stereocenters. The molecule has 0 saturated carbocycles. The lowest BCUT2D eigenvalue weighted by molar-refractivity contribution is -0.118. The summed E-state index contributed by atoms with van der Waals surface area (Å²) >= 11 is 10.1. The monoisotopic (exact) mass is 441 g/mol. The molecule has 0 spiro atoms. The maximum Gasteiger partial charge on any atom is 0.260 e. The van der Waals surface area contributed by atoms with Gasteiger partial charge in [0, 0.05) is 23.5 Å². The Kier molecular flexibility index (Phi) is 6.75. The zero-order chi connectivity index (χ0) is 20.3. The summed E-state index contributed by atoms with van der Waals surface area (Å²) in [4.78, 5) is 11.8. The van der Waals surface area contributed by atoms with Gasteiger partial charge in [-0.25, -0.2) is 8.42 Å². The Morgan fingerprint density at radius 3 is 2.82 bits per heavy atom. The Morgan fingerprint density at radius 2 is 2.11 bits per heavy atom. The van der Waals surface area contributed by atoms with E-state index >= 15 is 0 Å². The average Bonchev–Trinajstić information content (AvgIpc) is 2.75. The van der Waals surface area contributed by atoms with Crippen molar-refractivity contribution in [2.24, 2.45) is 5.92 Å². The fourth-order valence-electron chi connectivity index (χ4n) is 3.74. The van der Waals surface area contributed by atoms with Gasteiger partial charge in [-0.05, 0) is 30.7 Å². The Balaban J connectivity index is 2.09. The number of sulfonamides is 1. The third kappa shape index (κ3) is 4.10. The summed E-state index contributed by atoms with van der Waals surface area (Å²) in [7, 11) is -3.80. The van der Waals surface area contributed by atoms with Crippen molar-refractivity contribution in [1.29, 1.82) is 0 Å². The number of fused-ring (bicyclic) bond motifs is 2. The van der Waals surface area contributed by atoms with Gasteiger partial charge in [0.15, 0.2) is 0 Å². The number of rotatable bonds is 6. The van der Waals surface area contributed by atoms with Crippen molar-refractivity contribution in [3.63, 3.8) is 0 Å². The summed E-state index contributed by atoms with van der Waals surface area (Å²) in [6.45, 7) is 3.03. The van der Waals surface area contributed by atoms with Crippen LogP contribution >= 0.6 is 24.2 Å². The number of amides is 1. The minimum absolute atomic E-state index is 0.0550. The highest BCUT2D eigenvalue weighted by molar-refractivity contribution is 7.96. The summed E-state index contributed by atoms with van der Waals surface area (Å²) in [6.07, 6.45) is 3.96. The molecule has 2 N–H and O–H groups in total. The summed E-state index contributed by atoms with van der Waals surface area (Å²) in [5, 5.41) is 6.57. The number of anilines is 1. The molecule has 0 bridgehead atoms. The summed E-state index contributed by atoms with van der Waals surface area (Å²) in [5.41, 5.74) is 1.55. The lowest BCUT2D eigenvalue weighted by atomic mass is 9.86. The molecular formula is C19H24ClN3O3S2. The van der Waals surface area contributed by atoms with Crippen LogP contribution < -0.4 is 14.9 Å². The standard InChI is InChI=1S/C19H24ClN3O3S2/c1-2-21-19-14-5-3-4-6-16(14)23(10-9-22-18(24)12-27)28(25,26)17-11-13(20)7-8-15(17)19/h3-7,11,15,19,21,27H,2,8-10,12H2,1H3,(H,22,24). The summed E-state index contributed by atoms with van der Waals surface area (Å²) in [6, 6.07) is 7.35. The highest BCUT2D eigenvalue weighted by atomic mass is 35.5. The topological polar surface area (TPSA) is 78.5 Å². The molecule has 2 aliphatic rings. The van der Waals surface area contributed by atoms with Gasteiger partial charge in [-0.3, -0.25) is 9.10 Å². The van der Waals surface area contributed by atoms with E-state index in [0.717, 1.165) is 5.56 Å². The number of thiol groups is 1. The van der Waals surface area contributed by atoms with E-state index < -0.39 is 10.0 Å². The fraction of sp³-hybridized carbons (Fsp3) is 0.421. The Morgan fingerprint density at radius 1 is 1.36 bits per heavy atom. The third-order valence-electron chi connectivity index (χ3n) is 4.95. The van der Waals surface area contributed by atoms with Crippen LogP contribution in [0.5, 0.6) is 0 Å². The van der Waals surface area contributed by atoms with Crippen molar-refractivity contribution < 1.29 is 13.2 Å². The van der Waals surface area contributed by atoms with Gasteiger partial charge in [-0.15, -0.1) is 0 Å². The van der Waals surface area contributed by atoms with Crippen LogP contribution in [0.15, 0.2) is 46.4 Å². The molecule has 1 aliphatic heterocycles. The SMILES string of the molecule is CCNC1c2ccccc2N(CCNC(=O)CS)S(=O)(=O)C2=CC(Cl)=CCC21. The predicted molar refractivity (Wildman–Crippen MR) is 116 cm³/mol. The lowest BCUT2D eigenvalue weighted by Crippen LogP contribution is -2.40. The number of hydrogen-bond acceptors (Lipinski definition) is 5. The van der Waals surface area contributed by atoms with Crippen molar-refractivity contribution >= 4 is 45.8 Å². The molecule has 28 heavy (non-hydrogen) atoms. The van der Waals surface area contributed by atoms with Crippen molar-refractivity contribution in [3.05, 3.63) is 51.9 Å². The lowest BCUT2D eigenvalue weighted by Gasteiger charge is -2.29. The van der Waals surface area contributed by atoms with Crippen LogP contribution in [0.3, 0.4) is 0 Å². The average molecular weight is 442 g/mol. The van der Waals surface area contributed by atoms with Crippen molar-refractivity contribution in [3.8, 4) is 0 Å². The number of nitrogens with one attached hydrogen (secondary N) is 2. The fourth-order valence-corrected chi connectivity index (χ4v) is 6.03. The molecule has 9 heteroatoms.